The number of phenolic OH excluding ortho intramolecular Hbond substituents is 2. The summed E-state index contributed by atoms with van der Waals surface area (Å²) in [5.41, 5.74) is 0.292. The number of anilines is 1. The minimum absolute atomic E-state index is 0.0135. The number of nitrogens with one attached hydrogen (secondary N) is 1. The van der Waals surface area contributed by atoms with E-state index in [0.717, 1.165) is 0 Å². The van der Waals surface area contributed by atoms with Crippen molar-refractivity contribution in [3.8, 4) is 11.5 Å². The molecule has 0 aliphatic heterocycles. The van der Waals surface area contributed by atoms with Gasteiger partial charge in [-0.25, -0.2) is 0 Å². The second kappa shape index (κ2) is 6.42. The molecule has 116 valence electrons. The van der Waals surface area contributed by atoms with Crippen LogP contribution < -0.4 is 5.32 Å². The lowest BCUT2D eigenvalue weighted by Crippen LogP contribution is -2.13. The van der Waals surface area contributed by atoms with Crippen LogP contribution in [0.4, 0.5) is 5.69 Å². The van der Waals surface area contributed by atoms with E-state index < -0.39 is 11.7 Å². The zero-order valence-corrected chi connectivity index (χ0v) is 14.1. The molecule has 2 aromatic carbocycles. The molecule has 3 N–H and O–H groups in total. The van der Waals surface area contributed by atoms with Gasteiger partial charge in [0.1, 0.15) is 11.3 Å². The lowest BCUT2D eigenvalue weighted by atomic mass is 10.1. The number of hydrogen-bond donors (Lipinski definition) is 3. The van der Waals surface area contributed by atoms with E-state index in [4.69, 9.17) is 46.4 Å². The van der Waals surface area contributed by atoms with Gasteiger partial charge in [-0.1, -0.05) is 46.4 Å². The van der Waals surface area contributed by atoms with Crippen molar-refractivity contribution in [1.82, 2.24) is 0 Å². The maximum absolute atomic E-state index is 12.3. The van der Waals surface area contributed by atoms with Gasteiger partial charge < -0.3 is 15.5 Å². The summed E-state index contributed by atoms with van der Waals surface area (Å²) < 4.78 is 0. The number of carbonyl (C=O) groups excluding carboxylic acids is 1. The van der Waals surface area contributed by atoms with Crippen molar-refractivity contribution in [3.63, 3.8) is 0 Å². The van der Waals surface area contributed by atoms with Gasteiger partial charge in [0, 0.05) is 5.02 Å². The van der Waals surface area contributed by atoms with E-state index in [-0.39, 0.29) is 37.1 Å². The molecule has 0 unspecified atom stereocenters. The molecule has 0 aliphatic rings. The lowest BCUT2D eigenvalue weighted by molar-refractivity contribution is 0.102. The van der Waals surface area contributed by atoms with Gasteiger partial charge >= 0.3 is 0 Å². The molecule has 4 nitrogen and oxygen atoms in total. The van der Waals surface area contributed by atoms with Crippen molar-refractivity contribution in [2.75, 3.05) is 5.32 Å². The highest BCUT2D eigenvalue weighted by Gasteiger charge is 2.22. The minimum Gasteiger partial charge on any atom is -0.505 e. The van der Waals surface area contributed by atoms with E-state index in [1.807, 2.05) is 0 Å². The van der Waals surface area contributed by atoms with E-state index in [9.17, 15) is 15.0 Å². The third-order valence-corrected chi connectivity index (χ3v) is 4.16. The molecular weight excluding hydrogens is 372 g/mol. The van der Waals surface area contributed by atoms with E-state index in [1.165, 1.54) is 18.2 Å². The molecule has 2 aromatic rings. The highest BCUT2D eigenvalue weighted by Crippen LogP contribution is 2.38. The minimum atomic E-state index is -0.762. The summed E-state index contributed by atoms with van der Waals surface area (Å²) in [7, 11) is 0. The number of halogens is 4. The number of amides is 1. The van der Waals surface area contributed by atoms with Crippen LogP contribution in [0.25, 0.3) is 0 Å². The molecule has 0 fully saturated rings. The molecule has 0 atom stereocenters. The fraction of sp³-hybridized carbons (Fsp3) is 0.0714. The Labute approximate surface area is 146 Å². The average Bonchev–Trinajstić information content (AvgIpc) is 2.42. The van der Waals surface area contributed by atoms with Gasteiger partial charge in [0.2, 0.25) is 0 Å². The van der Waals surface area contributed by atoms with Crippen LogP contribution in [0.2, 0.25) is 20.1 Å². The van der Waals surface area contributed by atoms with Crippen LogP contribution in [-0.4, -0.2) is 16.1 Å². The molecular formula is C14H9Cl4NO3. The van der Waals surface area contributed by atoms with Crippen LogP contribution in [0.5, 0.6) is 11.5 Å². The zero-order valence-electron chi connectivity index (χ0n) is 11.0. The lowest BCUT2D eigenvalue weighted by Gasteiger charge is -2.13. The van der Waals surface area contributed by atoms with E-state index in [1.54, 1.807) is 6.92 Å². The Bertz CT molecular complexity index is 751. The maximum Gasteiger partial charge on any atom is 0.261 e. The molecule has 8 heteroatoms. The third-order valence-electron chi connectivity index (χ3n) is 2.88. The summed E-state index contributed by atoms with van der Waals surface area (Å²) in [6, 6.07) is 4.06. The summed E-state index contributed by atoms with van der Waals surface area (Å²) in [5, 5.41) is 22.4. The first-order chi connectivity index (χ1) is 10.2. The van der Waals surface area contributed by atoms with E-state index >= 15 is 0 Å². The molecule has 1 amide bonds. The number of hydrogen-bond acceptors (Lipinski definition) is 3. The topological polar surface area (TPSA) is 69.6 Å². The first kappa shape index (κ1) is 17.0. The zero-order chi connectivity index (χ0) is 16.6. The number of phenols is 2. The Kier molecular flexibility index (Phi) is 4.97. The Balaban J connectivity index is 2.47. The Morgan fingerprint density at radius 2 is 1.59 bits per heavy atom. The first-order valence-corrected chi connectivity index (χ1v) is 7.40. The molecule has 2 rings (SSSR count). The summed E-state index contributed by atoms with van der Waals surface area (Å²) in [6.07, 6.45) is 0. The summed E-state index contributed by atoms with van der Waals surface area (Å²) in [6.45, 7) is 1.64. The highest BCUT2D eigenvalue weighted by molar-refractivity contribution is 6.39. The third kappa shape index (κ3) is 3.20. The van der Waals surface area contributed by atoms with Crippen molar-refractivity contribution in [2.24, 2.45) is 0 Å². The number of aromatic hydroxyl groups is 2. The van der Waals surface area contributed by atoms with Gasteiger partial charge in [-0.2, -0.15) is 0 Å². The Hall–Kier alpha value is -1.33. The predicted molar refractivity (Wildman–Crippen MR) is 88.9 cm³/mol. The van der Waals surface area contributed by atoms with Crippen molar-refractivity contribution < 1.29 is 15.0 Å². The fourth-order valence-electron chi connectivity index (χ4n) is 1.80. The monoisotopic (exact) mass is 379 g/mol. The smallest absolute Gasteiger partial charge is 0.261 e. The van der Waals surface area contributed by atoms with Gasteiger partial charge in [0.15, 0.2) is 5.75 Å². The van der Waals surface area contributed by atoms with Crippen molar-refractivity contribution in [1.29, 1.82) is 0 Å². The van der Waals surface area contributed by atoms with Crippen molar-refractivity contribution in [2.45, 2.75) is 6.92 Å². The second-order valence-corrected chi connectivity index (χ2v) is 6.08. The predicted octanol–water partition coefficient (Wildman–Crippen LogP) is 5.27. The highest BCUT2D eigenvalue weighted by atomic mass is 35.5. The molecule has 0 heterocycles. The molecule has 0 aromatic heterocycles. The molecule has 0 bridgehead atoms. The van der Waals surface area contributed by atoms with Crippen LogP contribution in [0, 0.1) is 6.92 Å². The number of aryl methyl sites for hydroxylation is 1. The quantitative estimate of drug-likeness (QED) is 0.621. The van der Waals surface area contributed by atoms with E-state index in [0.29, 0.717) is 5.56 Å². The van der Waals surface area contributed by atoms with Crippen LogP contribution >= 0.6 is 46.4 Å². The standard InChI is InChI=1S/C14H9Cl4NO3/c1-5-2-7(16)13(21)10(11(5)18)14(22)19-9-4-6(15)3-8(17)12(9)20/h2-4,20-21H,1H3,(H,19,22). The van der Waals surface area contributed by atoms with Crippen molar-refractivity contribution >= 4 is 58.0 Å². The van der Waals surface area contributed by atoms with Crippen molar-refractivity contribution in [3.05, 3.63) is 49.4 Å². The van der Waals surface area contributed by atoms with Crippen LogP contribution in [0.3, 0.4) is 0 Å². The van der Waals surface area contributed by atoms with Gasteiger partial charge in [0.25, 0.3) is 5.91 Å². The summed E-state index contributed by atoms with van der Waals surface area (Å²) >= 11 is 23.5. The van der Waals surface area contributed by atoms with Gasteiger partial charge in [-0.05, 0) is 30.7 Å². The SMILES string of the molecule is Cc1cc(Cl)c(O)c(C(=O)Nc2cc(Cl)cc(Cl)c2O)c1Cl. The molecule has 0 spiro atoms. The Morgan fingerprint density at radius 3 is 2.23 bits per heavy atom. The number of carbonyl (C=O) groups is 1. The molecule has 0 saturated carbocycles. The normalized spacial score (nSPS) is 10.6. The maximum atomic E-state index is 12.3. The van der Waals surface area contributed by atoms with E-state index in [2.05, 4.69) is 5.32 Å². The Morgan fingerprint density at radius 1 is 1.00 bits per heavy atom. The largest absolute Gasteiger partial charge is 0.505 e. The molecule has 0 radical (unpaired) electrons. The molecule has 22 heavy (non-hydrogen) atoms. The number of rotatable bonds is 2. The molecule has 0 saturated heterocycles. The average molecular weight is 381 g/mol. The van der Waals surface area contributed by atoms with Crippen LogP contribution in [0.1, 0.15) is 15.9 Å². The summed E-state index contributed by atoms with van der Waals surface area (Å²) in [5.74, 6) is -1.57. The van der Waals surface area contributed by atoms with Gasteiger partial charge in [-0.15, -0.1) is 0 Å². The van der Waals surface area contributed by atoms with Gasteiger partial charge in [0.05, 0.1) is 20.8 Å². The second-order valence-electron chi connectivity index (χ2n) is 4.45. The number of benzene rings is 2. The van der Waals surface area contributed by atoms with Crippen LogP contribution in [-0.2, 0) is 0 Å². The summed E-state index contributed by atoms with van der Waals surface area (Å²) in [4.78, 5) is 12.3. The first-order valence-electron chi connectivity index (χ1n) is 5.89. The molecule has 0 aliphatic carbocycles. The fourth-order valence-corrected chi connectivity index (χ4v) is 2.78. The van der Waals surface area contributed by atoms with Gasteiger partial charge in [-0.3, -0.25) is 4.79 Å². The van der Waals surface area contributed by atoms with Crippen LogP contribution in [0.15, 0.2) is 18.2 Å².